The molecule has 4 nitrogen and oxygen atoms in total. The summed E-state index contributed by atoms with van der Waals surface area (Å²) in [7, 11) is 2.07. The number of benzene rings is 1. The summed E-state index contributed by atoms with van der Waals surface area (Å²) < 4.78 is 2.18. The van der Waals surface area contributed by atoms with Gasteiger partial charge in [-0.3, -0.25) is 4.79 Å². The molecule has 0 spiro atoms. The molecule has 0 bridgehead atoms. The molecule has 1 aliphatic heterocycles. The van der Waals surface area contributed by atoms with E-state index < -0.39 is 0 Å². The Morgan fingerprint density at radius 2 is 1.95 bits per heavy atom. The monoisotopic (exact) mass is 317 g/mol. The predicted octanol–water partition coefficient (Wildman–Crippen LogP) is 3.40. The van der Waals surface area contributed by atoms with Crippen LogP contribution in [-0.4, -0.2) is 26.9 Å². The summed E-state index contributed by atoms with van der Waals surface area (Å²) in [5.74, 6) is 1.51. The van der Waals surface area contributed by atoms with E-state index in [4.69, 9.17) is 16.6 Å². The highest BCUT2D eigenvalue weighted by Crippen LogP contribution is 2.24. The number of hydrogen-bond acceptors (Lipinski definition) is 2. The zero-order chi connectivity index (χ0) is 15.9. The van der Waals surface area contributed by atoms with E-state index >= 15 is 0 Å². The molecule has 0 aliphatic carbocycles. The van der Waals surface area contributed by atoms with Crippen LogP contribution in [0.1, 0.15) is 47.3 Å². The number of carbonyl (C=O) groups excluding carboxylic acids is 1. The molecule has 22 heavy (non-hydrogen) atoms. The fraction of sp³-hybridized carbons (Fsp3) is 0.412. The van der Waals surface area contributed by atoms with Crippen molar-refractivity contribution in [3.63, 3.8) is 0 Å². The van der Waals surface area contributed by atoms with Gasteiger partial charge in [0, 0.05) is 42.2 Å². The fourth-order valence-corrected chi connectivity index (χ4v) is 3.14. The highest BCUT2D eigenvalue weighted by Gasteiger charge is 2.26. The Morgan fingerprint density at radius 3 is 2.59 bits per heavy atom. The Labute approximate surface area is 135 Å². The van der Waals surface area contributed by atoms with Gasteiger partial charge in [0.1, 0.15) is 5.82 Å². The Balaban J connectivity index is 1.83. The van der Waals surface area contributed by atoms with Crippen LogP contribution < -0.4 is 0 Å². The van der Waals surface area contributed by atoms with Crippen molar-refractivity contribution in [2.75, 3.05) is 6.54 Å². The van der Waals surface area contributed by atoms with Crippen molar-refractivity contribution in [1.29, 1.82) is 0 Å². The van der Waals surface area contributed by atoms with Gasteiger partial charge in [-0.25, -0.2) is 4.98 Å². The normalized spacial score (nSPS) is 14.3. The predicted molar refractivity (Wildman–Crippen MR) is 87.2 cm³/mol. The lowest BCUT2D eigenvalue weighted by Gasteiger charge is -2.27. The molecule has 0 fully saturated rings. The molecule has 0 atom stereocenters. The van der Waals surface area contributed by atoms with Gasteiger partial charge in [-0.2, -0.15) is 0 Å². The van der Waals surface area contributed by atoms with Crippen LogP contribution in [-0.2, 0) is 20.0 Å². The van der Waals surface area contributed by atoms with Gasteiger partial charge in [0.2, 0.25) is 0 Å². The van der Waals surface area contributed by atoms with Crippen LogP contribution in [0.25, 0.3) is 0 Å². The smallest absolute Gasteiger partial charge is 0.254 e. The van der Waals surface area contributed by atoms with Crippen molar-refractivity contribution in [3.8, 4) is 0 Å². The number of rotatable bonds is 2. The molecule has 1 amide bonds. The van der Waals surface area contributed by atoms with Crippen molar-refractivity contribution in [2.45, 2.75) is 32.7 Å². The van der Waals surface area contributed by atoms with Crippen LogP contribution in [0.15, 0.2) is 24.3 Å². The topological polar surface area (TPSA) is 38.1 Å². The molecule has 0 saturated carbocycles. The van der Waals surface area contributed by atoms with Crippen LogP contribution >= 0.6 is 11.6 Å². The Hall–Kier alpha value is -1.81. The average molecular weight is 318 g/mol. The van der Waals surface area contributed by atoms with Crippen LogP contribution in [0, 0.1) is 0 Å². The highest BCUT2D eigenvalue weighted by atomic mass is 35.5. The van der Waals surface area contributed by atoms with E-state index in [0.29, 0.717) is 23.0 Å². The zero-order valence-electron chi connectivity index (χ0n) is 13.1. The van der Waals surface area contributed by atoms with Crippen molar-refractivity contribution >= 4 is 17.5 Å². The minimum absolute atomic E-state index is 0.0408. The number of nitrogens with zero attached hydrogens (tertiary/aromatic N) is 3. The number of hydrogen-bond donors (Lipinski definition) is 0. The molecule has 0 unspecified atom stereocenters. The molecular formula is C17H20ClN3O. The molecule has 3 rings (SSSR count). The third-order valence-electron chi connectivity index (χ3n) is 4.19. The zero-order valence-corrected chi connectivity index (χ0v) is 13.9. The number of amides is 1. The summed E-state index contributed by atoms with van der Waals surface area (Å²) in [6, 6.07) is 7.06. The fourth-order valence-electron chi connectivity index (χ4n) is 3.01. The number of halogens is 1. The van der Waals surface area contributed by atoms with Gasteiger partial charge < -0.3 is 9.47 Å². The summed E-state index contributed by atoms with van der Waals surface area (Å²) in [5, 5.41) is 0.642. The number of aromatic nitrogens is 2. The van der Waals surface area contributed by atoms with E-state index in [1.807, 2.05) is 4.90 Å². The van der Waals surface area contributed by atoms with Crippen molar-refractivity contribution in [2.24, 2.45) is 7.05 Å². The highest BCUT2D eigenvalue weighted by molar-refractivity contribution is 6.30. The van der Waals surface area contributed by atoms with E-state index in [0.717, 1.165) is 24.5 Å². The second-order valence-electron chi connectivity index (χ2n) is 6.06. The number of fused-ring (bicyclic) bond motifs is 1. The van der Waals surface area contributed by atoms with Gasteiger partial charge in [0.05, 0.1) is 12.2 Å². The van der Waals surface area contributed by atoms with Crippen molar-refractivity contribution in [3.05, 3.63) is 52.1 Å². The van der Waals surface area contributed by atoms with Gasteiger partial charge in [-0.1, -0.05) is 25.4 Å². The first-order valence-corrected chi connectivity index (χ1v) is 7.94. The minimum atomic E-state index is 0.0408. The first kappa shape index (κ1) is 15.1. The molecule has 5 heteroatoms. The van der Waals surface area contributed by atoms with E-state index in [-0.39, 0.29) is 5.91 Å². The molecule has 1 aliphatic rings. The third-order valence-corrected chi connectivity index (χ3v) is 4.44. The molecule has 2 heterocycles. The molecule has 116 valence electrons. The van der Waals surface area contributed by atoms with E-state index in [1.54, 1.807) is 24.3 Å². The lowest BCUT2D eigenvalue weighted by Crippen LogP contribution is -2.36. The van der Waals surface area contributed by atoms with E-state index in [9.17, 15) is 4.79 Å². The lowest BCUT2D eigenvalue weighted by atomic mass is 10.1. The van der Waals surface area contributed by atoms with Crippen LogP contribution in [0.4, 0.5) is 0 Å². The standard InChI is InChI=1S/C17H20ClN3O/c1-11(2)16-19-14-10-21(9-8-15(14)20(16)3)17(22)12-4-6-13(18)7-5-12/h4-7,11H,8-10H2,1-3H3. The molecule has 1 aromatic carbocycles. The maximum Gasteiger partial charge on any atom is 0.254 e. The van der Waals surface area contributed by atoms with Gasteiger partial charge in [-0.05, 0) is 24.3 Å². The van der Waals surface area contributed by atoms with Gasteiger partial charge in [-0.15, -0.1) is 0 Å². The molecule has 1 aromatic heterocycles. The molecule has 0 N–H and O–H groups in total. The number of imidazole rings is 1. The van der Waals surface area contributed by atoms with Crippen molar-refractivity contribution < 1.29 is 4.79 Å². The molecule has 0 radical (unpaired) electrons. The van der Waals surface area contributed by atoms with Crippen LogP contribution in [0.2, 0.25) is 5.02 Å². The van der Waals surface area contributed by atoms with Gasteiger partial charge >= 0.3 is 0 Å². The minimum Gasteiger partial charge on any atom is -0.334 e. The Bertz CT molecular complexity index is 703. The summed E-state index contributed by atoms with van der Waals surface area (Å²) in [6.07, 6.45) is 0.852. The second kappa shape index (κ2) is 5.76. The lowest BCUT2D eigenvalue weighted by molar-refractivity contribution is 0.0731. The number of carbonyl (C=O) groups is 1. The Kier molecular flexibility index (Phi) is 3.96. The maximum absolute atomic E-state index is 12.6. The largest absolute Gasteiger partial charge is 0.334 e. The maximum atomic E-state index is 12.6. The second-order valence-corrected chi connectivity index (χ2v) is 6.50. The summed E-state index contributed by atoms with van der Waals surface area (Å²) in [6.45, 7) is 5.59. The quantitative estimate of drug-likeness (QED) is 0.851. The summed E-state index contributed by atoms with van der Waals surface area (Å²) in [5.41, 5.74) is 2.96. The van der Waals surface area contributed by atoms with E-state index in [1.165, 1.54) is 5.69 Å². The first-order valence-electron chi connectivity index (χ1n) is 7.56. The van der Waals surface area contributed by atoms with Crippen LogP contribution in [0.5, 0.6) is 0 Å². The third kappa shape index (κ3) is 2.63. The first-order chi connectivity index (χ1) is 10.5. The SMILES string of the molecule is CC(C)c1nc2c(n1C)CCN(C(=O)c1ccc(Cl)cc1)C2. The van der Waals surface area contributed by atoms with Gasteiger partial charge in [0.15, 0.2) is 0 Å². The summed E-state index contributed by atoms with van der Waals surface area (Å²) in [4.78, 5) is 19.2. The molecule has 2 aromatic rings. The van der Waals surface area contributed by atoms with Crippen molar-refractivity contribution in [1.82, 2.24) is 14.5 Å². The van der Waals surface area contributed by atoms with Gasteiger partial charge in [0.25, 0.3) is 5.91 Å². The average Bonchev–Trinajstić information content (AvgIpc) is 2.84. The van der Waals surface area contributed by atoms with Crippen LogP contribution in [0.3, 0.4) is 0 Å². The van der Waals surface area contributed by atoms with E-state index in [2.05, 4.69) is 25.5 Å². The summed E-state index contributed by atoms with van der Waals surface area (Å²) >= 11 is 5.88. The Morgan fingerprint density at radius 1 is 1.27 bits per heavy atom. The molecule has 0 saturated heterocycles. The molecular weight excluding hydrogens is 298 g/mol.